The zero-order valence-corrected chi connectivity index (χ0v) is 16.6. The third kappa shape index (κ3) is 4.16. The smallest absolute Gasteiger partial charge is 0.264 e. The Morgan fingerprint density at radius 3 is 2.80 bits per heavy atom. The Morgan fingerprint density at radius 2 is 2.04 bits per heavy atom. The van der Waals surface area contributed by atoms with E-state index in [9.17, 15) is 13.2 Å². The minimum Gasteiger partial charge on any atom is -0.374 e. The summed E-state index contributed by atoms with van der Waals surface area (Å²) in [5.41, 5.74) is 2.93. The lowest BCUT2D eigenvalue weighted by Crippen LogP contribution is -2.31. The van der Waals surface area contributed by atoms with Gasteiger partial charge in [0.2, 0.25) is 10.0 Å². The number of benzene rings is 2. The summed E-state index contributed by atoms with van der Waals surface area (Å²) in [4.78, 5) is 14.4. The summed E-state index contributed by atoms with van der Waals surface area (Å²) in [6, 6.07) is 10.1. The van der Waals surface area contributed by atoms with Crippen LogP contribution in [0.1, 0.15) is 21.5 Å². The van der Waals surface area contributed by atoms with E-state index < -0.39 is 15.9 Å². The number of likely N-dealkylation sites (N-methyl/N-ethyl adjacent to an activating group) is 1. The molecule has 0 spiro atoms. The van der Waals surface area contributed by atoms with Crippen molar-refractivity contribution in [2.24, 2.45) is 0 Å². The molecule has 8 heteroatoms. The first-order valence-corrected chi connectivity index (χ1v) is 10.4. The van der Waals surface area contributed by atoms with E-state index in [1.54, 1.807) is 30.3 Å². The number of sulfonamides is 1. The fraction of sp³-hybridized carbons (Fsp3) is 0.235. The Hall–Kier alpha value is -1.57. The first kappa shape index (κ1) is 18.2. The topological polar surface area (TPSA) is 66.5 Å². The number of halogens is 2. The highest BCUT2D eigenvalue weighted by Crippen LogP contribution is 2.28. The maximum atomic E-state index is 12.4. The van der Waals surface area contributed by atoms with E-state index in [1.807, 2.05) is 18.0 Å². The molecule has 1 amide bonds. The van der Waals surface area contributed by atoms with Gasteiger partial charge >= 0.3 is 0 Å². The zero-order valence-electron chi connectivity index (χ0n) is 13.4. The minimum atomic E-state index is -3.85. The van der Waals surface area contributed by atoms with Crippen LogP contribution in [-0.2, 0) is 22.2 Å². The van der Waals surface area contributed by atoms with Crippen molar-refractivity contribution in [1.82, 2.24) is 4.72 Å². The largest absolute Gasteiger partial charge is 0.374 e. The standard InChI is InChI=1S/C17H16BrClN2O3S/c1-21-7-6-11-2-3-12(9-16(11)21)17(22)20-25(23,24)10-13-8-14(19)4-5-15(13)18/h2-5,8-9H,6-7,10H2,1H3,(H,20,22). The fourth-order valence-electron chi connectivity index (χ4n) is 2.78. The van der Waals surface area contributed by atoms with Crippen LogP contribution in [0.2, 0.25) is 5.02 Å². The third-order valence-corrected chi connectivity index (χ3v) is 6.27. The Morgan fingerprint density at radius 1 is 1.28 bits per heavy atom. The van der Waals surface area contributed by atoms with Crippen LogP contribution in [0, 0.1) is 0 Å². The van der Waals surface area contributed by atoms with E-state index in [4.69, 9.17) is 11.6 Å². The lowest BCUT2D eigenvalue weighted by Gasteiger charge is -2.13. The van der Waals surface area contributed by atoms with Crippen LogP contribution in [0.5, 0.6) is 0 Å². The van der Waals surface area contributed by atoms with Crippen LogP contribution in [-0.4, -0.2) is 27.9 Å². The van der Waals surface area contributed by atoms with Gasteiger partial charge < -0.3 is 4.90 Å². The molecule has 0 fully saturated rings. The van der Waals surface area contributed by atoms with Crippen LogP contribution in [0.4, 0.5) is 5.69 Å². The molecule has 2 aromatic rings. The predicted molar refractivity (Wildman–Crippen MR) is 103 cm³/mol. The lowest BCUT2D eigenvalue weighted by atomic mass is 10.1. The van der Waals surface area contributed by atoms with Crippen molar-refractivity contribution < 1.29 is 13.2 Å². The van der Waals surface area contributed by atoms with Crippen LogP contribution in [0.3, 0.4) is 0 Å². The molecule has 0 unspecified atom stereocenters. The number of hydrogen-bond donors (Lipinski definition) is 1. The van der Waals surface area contributed by atoms with Gasteiger partial charge in [-0.3, -0.25) is 4.79 Å². The van der Waals surface area contributed by atoms with Gasteiger partial charge in [0.1, 0.15) is 0 Å². The second-order valence-corrected chi connectivity index (χ2v) is 8.95. The van der Waals surface area contributed by atoms with Crippen molar-refractivity contribution in [2.75, 3.05) is 18.5 Å². The number of hydrogen-bond acceptors (Lipinski definition) is 4. The van der Waals surface area contributed by atoms with E-state index in [0.717, 1.165) is 24.2 Å². The van der Waals surface area contributed by atoms with Crippen LogP contribution < -0.4 is 9.62 Å². The average Bonchev–Trinajstić information content (AvgIpc) is 2.91. The summed E-state index contributed by atoms with van der Waals surface area (Å²) >= 11 is 9.20. The highest BCUT2D eigenvalue weighted by molar-refractivity contribution is 9.10. The molecular formula is C17H16BrClN2O3S. The Bertz CT molecular complexity index is 947. The van der Waals surface area contributed by atoms with E-state index in [0.29, 0.717) is 20.6 Å². The number of nitrogens with one attached hydrogen (secondary N) is 1. The minimum absolute atomic E-state index is 0.321. The molecule has 132 valence electrons. The number of anilines is 1. The Labute approximate surface area is 160 Å². The maximum absolute atomic E-state index is 12.4. The van der Waals surface area contributed by atoms with Crippen molar-refractivity contribution in [2.45, 2.75) is 12.2 Å². The maximum Gasteiger partial charge on any atom is 0.264 e. The van der Waals surface area contributed by atoms with Crippen LogP contribution in [0.25, 0.3) is 0 Å². The van der Waals surface area contributed by atoms with E-state index in [-0.39, 0.29) is 5.75 Å². The number of rotatable bonds is 4. The summed E-state index contributed by atoms with van der Waals surface area (Å²) in [5.74, 6) is -0.980. The molecule has 0 atom stereocenters. The molecule has 1 aliphatic heterocycles. The van der Waals surface area contributed by atoms with Gasteiger partial charge in [0.25, 0.3) is 5.91 Å². The quantitative estimate of drug-likeness (QED) is 0.787. The monoisotopic (exact) mass is 442 g/mol. The zero-order chi connectivity index (χ0) is 18.2. The molecule has 3 rings (SSSR count). The molecule has 0 radical (unpaired) electrons. The molecule has 1 aliphatic rings. The van der Waals surface area contributed by atoms with E-state index in [1.165, 1.54) is 0 Å². The average molecular weight is 444 g/mol. The summed E-state index contributed by atoms with van der Waals surface area (Å²) in [5, 5.41) is 0.432. The Kier molecular flexibility index (Phi) is 5.09. The first-order valence-electron chi connectivity index (χ1n) is 7.58. The highest BCUT2D eigenvalue weighted by Gasteiger charge is 2.21. The highest BCUT2D eigenvalue weighted by atomic mass is 79.9. The van der Waals surface area contributed by atoms with Gasteiger partial charge in [-0.05, 0) is 47.9 Å². The van der Waals surface area contributed by atoms with Gasteiger partial charge in [0, 0.05) is 34.3 Å². The SMILES string of the molecule is CN1CCc2ccc(C(=O)NS(=O)(=O)Cc3cc(Cl)ccc3Br)cc21. The van der Waals surface area contributed by atoms with E-state index >= 15 is 0 Å². The summed E-state index contributed by atoms with van der Waals surface area (Å²) in [7, 11) is -1.91. The summed E-state index contributed by atoms with van der Waals surface area (Å²) < 4.78 is 27.4. The van der Waals surface area contributed by atoms with Crippen LogP contribution in [0.15, 0.2) is 40.9 Å². The van der Waals surface area contributed by atoms with Crippen molar-refractivity contribution in [3.63, 3.8) is 0 Å². The van der Waals surface area contributed by atoms with Gasteiger partial charge in [-0.2, -0.15) is 0 Å². The fourth-order valence-corrected chi connectivity index (χ4v) is 4.66. The van der Waals surface area contributed by atoms with Crippen molar-refractivity contribution in [3.05, 3.63) is 62.6 Å². The van der Waals surface area contributed by atoms with Gasteiger partial charge in [-0.25, -0.2) is 13.1 Å². The molecule has 2 aromatic carbocycles. The molecule has 5 nitrogen and oxygen atoms in total. The molecule has 1 N–H and O–H groups in total. The summed E-state index contributed by atoms with van der Waals surface area (Å²) in [6.45, 7) is 0.890. The normalized spacial score (nSPS) is 13.6. The number of nitrogens with zero attached hydrogens (tertiary/aromatic N) is 1. The number of amides is 1. The van der Waals surface area contributed by atoms with Gasteiger partial charge in [0.15, 0.2) is 0 Å². The molecule has 1 heterocycles. The number of carbonyl (C=O) groups is 1. The van der Waals surface area contributed by atoms with Gasteiger partial charge in [0.05, 0.1) is 5.75 Å². The van der Waals surface area contributed by atoms with Crippen molar-refractivity contribution in [1.29, 1.82) is 0 Å². The molecule has 25 heavy (non-hydrogen) atoms. The second kappa shape index (κ2) is 6.97. The lowest BCUT2D eigenvalue weighted by molar-refractivity contribution is 0.0981. The van der Waals surface area contributed by atoms with Gasteiger partial charge in [-0.1, -0.05) is 33.6 Å². The number of carbonyl (C=O) groups excluding carboxylic acids is 1. The summed E-state index contributed by atoms with van der Waals surface area (Å²) in [6.07, 6.45) is 0.925. The van der Waals surface area contributed by atoms with Crippen molar-refractivity contribution in [3.8, 4) is 0 Å². The van der Waals surface area contributed by atoms with E-state index in [2.05, 4.69) is 20.7 Å². The predicted octanol–water partition coefficient (Wildman–Crippen LogP) is 3.35. The Balaban J connectivity index is 1.78. The molecule has 0 saturated carbocycles. The number of fused-ring (bicyclic) bond motifs is 1. The molecular weight excluding hydrogens is 428 g/mol. The first-order chi connectivity index (χ1) is 11.7. The van der Waals surface area contributed by atoms with Crippen molar-refractivity contribution >= 4 is 49.1 Å². The molecule has 0 bridgehead atoms. The molecule has 0 aromatic heterocycles. The van der Waals surface area contributed by atoms with Gasteiger partial charge in [-0.15, -0.1) is 0 Å². The third-order valence-electron chi connectivity index (χ3n) is 4.08. The molecule has 0 aliphatic carbocycles. The molecule has 0 saturated heterocycles. The second-order valence-electron chi connectivity index (χ2n) is 5.94. The van der Waals surface area contributed by atoms with Crippen LogP contribution >= 0.6 is 27.5 Å².